The lowest BCUT2D eigenvalue weighted by molar-refractivity contribution is -0.141. The maximum Gasteiger partial charge on any atom is 0.433 e. The minimum Gasteiger partial charge on any atom is -0.368 e. The van der Waals surface area contributed by atoms with Gasteiger partial charge in [0.2, 0.25) is 5.95 Å². The molecule has 18 heavy (non-hydrogen) atoms. The number of hydrogen-bond acceptors (Lipinski definition) is 4. The Kier molecular flexibility index (Phi) is 4.37. The molecule has 3 N–H and O–H groups in total. The summed E-state index contributed by atoms with van der Waals surface area (Å²) in [5.74, 6) is 0.0295. The number of alkyl halides is 3. The zero-order chi connectivity index (χ0) is 13.9. The van der Waals surface area contributed by atoms with Gasteiger partial charge in [-0.3, -0.25) is 0 Å². The van der Waals surface area contributed by atoms with E-state index in [-0.39, 0.29) is 17.8 Å². The first-order chi connectivity index (χ1) is 8.24. The van der Waals surface area contributed by atoms with Crippen LogP contribution in [0, 0.1) is 5.92 Å². The highest BCUT2D eigenvalue weighted by Crippen LogP contribution is 2.29. The van der Waals surface area contributed by atoms with Crippen LogP contribution in [0.1, 0.15) is 32.9 Å². The first kappa shape index (κ1) is 14.5. The van der Waals surface area contributed by atoms with E-state index in [2.05, 4.69) is 15.3 Å². The molecule has 0 radical (unpaired) electrons. The highest BCUT2D eigenvalue weighted by molar-refractivity contribution is 5.42. The molecular weight excluding hydrogens is 245 g/mol. The van der Waals surface area contributed by atoms with Crippen LogP contribution in [-0.2, 0) is 6.18 Å². The van der Waals surface area contributed by atoms with Crippen LogP contribution in [0.3, 0.4) is 0 Å². The standard InChI is InChI=1S/C11H17F3N4/c1-4-6(2)7(3)16-9-5-8(11(12,13)14)17-10(15)18-9/h5-7H,4H2,1-3H3,(H3,15,16,17,18). The van der Waals surface area contributed by atoms with Crippen LogP contribution >= 0.6 is 0 Å². The molecule has 0 aliphatic rings. The Morgan fingerprint density at radius 3 is 2.44 bits per heavy atom. The number of rotatable bonds is 4. The summed E-state index contributed by atoms with van der Waals surface area (Å²) in [5, 5.41) is 2.91. The predicted octanol–water partition coefficient (Wildman–Crippen LogP) is 2.92. The fourth-order valence-corrected chi connectivity index (χ4v) is 1.41. The van der Waals surface area contributed by atoms with Crippen molar-refractivity contribution >= 4 is 11.8 Å². The minimum absolute atomic E-state index is 0.00498. The summed E-state index contributed by atoms with van der Waals surface area (Å²) < 4.78 is 37.6. The van der Waals surface area contributed by atoms with Crippen molar-refractivity contribution < 1.29 is 13.2 Å². The molecule has 0 spiro atoms. The Bertz CT molecular complexity index is 406. The number of nitrogens with one attached hydrogen (secondary N) is 1. The molecule has 2 unspecified atom stereocenters. The highest BCUT2D eigenvalue weighted by Gasteiger charge is 2.33. The average Bonchev–Trinajstić information content (AvgIpc) is 2.25. The van der Waals surface area contributed by atoms with Crippen molar-refractivity contribution in [3.05, 3.63) is 11.8 Å². The predicted molar refractivity (Wildman–Crippen MR) is 64.0 cm³/mol. The SMILES string of the molecule is CCC(C)C(C)Nc1cc(C(F)(F)F)nc(N)n1. The zero-order valence-corrected chi connectivity index (χ0v) is 10.5. The number of anilines is 2. The van der Waals surface area contributed by atoms with Crippen LogP contribution in [0.2, 0.25) is 0 Å². The van der Waals surface area contributed by atoms with Gasteiger partial charge in [-0.2, -0.15) is 18.2 Å². The summed E-state index contributed by atoms with van der Waals surface area (Å²) in [6.45, 7) is 5.91. The van der Waals surface area contributed by atoms with Crippen molar-refractivity contribution in [2.75, 3.05) is 11.1 Å². The molecule has 0 aliphatic carbocycles. The van der Waals surface area contributed by atoms with Crippen molar-refractivity contribution in [2.24, 2.45) is 5.92 Å². The summed E-state index contributed by atoms with van der Waals surface area (Å²) >= 11 is 0. The van der Waals surface area contributed by atoms with E-state index in [1.54, 1.807) is 0 Å². The molecule has 1 heterocycles. The first-order valence-corrected chi connectivity index (χ1v) is 5.72. The van der Waals surface area contributed by atoms with Gasteiger partial charge in [-0.1, -0.05) is 20.3 Å². The van der Waals surface area contributed by atoms with Crippen molar-refractivity contribution in [1.82, 2.24) is 9.97 Å². The largest absolute Gasteiger partial charge is 0.433 e. The number of aromatic nitrogens is 2. The Hall–Kier alpha value is -1.53. The maximum atomic E-state index is 12.5. The van der Waals surface area contributed by atoms with Crippen molar-refractivity contribution in [3.8, 4) is 0 Å². The van der Waals surface area contributed by atoms with Gasteiger partial charge >= 0.3 is 6.18 Å². The quantitative estimate of drug-likeness (QED) is 0.875. The molecule has 4 nitrogen and oxygen atoms in total. The van der Waals surface area contributed by atoms with Gasteiger partial charge in [-0.25, -0.2) is 4.98 Å². The number of nitrogens with two attached hydrogens (primary N) is 1. The molecule has 0 aliphatic heterocycles. The van der Waals surface area contributed by atoms with Crippen LogP contribution in [0.5, 0.6) is 0 Å². The van der Waals surface area contributed by atoms with Crippen molar-refractivity contribution in [1.29, 1.82) is 0 Å². The third kappa shape index (κ3) is 3.75. The number of nitrogens with zero attached hydrogens (tertiary/aromatic N) is 2. The Morgan fingerprint density at radius 2 is 1.94 bits per heavy atom. The monoisotopic (exact) mass is 262 g/mol. The van der Waals surface area contributed by atoms with Crippen molar-refractivity contribution in [3.63, 3.8) is 0 Å². The minimum atomic E-state index is -4.52. The second-order valence-electron chi connectivity index (χ2n) is 4.31. The highest BCUT2D eigenvalue weighted by atomic mass is 19.4. The number of hydrogen-bond donors (Lipinski definition) is 2. The van der Waals surface area contributed by atoms with E-state index in [0.29, 0.717) is 5.92 Å². The molecule has 0 aromatic carbocycles. The van der Waals surface area contributed by atoms with E-state index >= 15 is 0 Å². The fraction of sp³-hybridized carbons (Fsp3) is 0.636. The molecule has 2 atom stereocenters. The van der Waals surface area contributed by atoms with Gasteiger partial charge in [0.15, 0.2) is 5.69 Å². The molecule has 0 bridgehead atoms. The van der Waals surface area contributed by atoms with Gasteiger partial charge in [0.1, 0.15) is 5.82 Å². The molecule has 0 saturated heterocycles. The van der Waals surface area contributed by atoms with Crippen molar-refractivity contribution in [2.45, 2.75) is 39.4 Å². The molecular formula is C11H17F3N4. The number of nitrogen functional groups attached to an aromatic ring is 1. The van der Waals surface area contributed by atoms with Crippen LogP contribution in [0.15, 0.2) is 6.07 Å². The lowest BCUT2D eigenvalue weighted by Gasteiger charge is -2.21. The fourth-order valence-electron chi connectivity index (χ4n) is 1.41. The first-order valence-electron chi connectivity index (χ1n) is 5.72. The summed E-state index contributed by atoms with van der Waals surface area (Å²) in [6.07, 6.45) is -3.60. The van der Waals surface area contributed by atoms with Crippen LogP contribution in [-0.4, -0.2) is 16.0 Å². The second-order valence-corrected chi connectivity index (χ2v) is 4.31. The Balaban J connectivity index is 2.94. The Labute approximate surface area is 104 Å². The van der Waals surface area contributed by atoms with E-state index in [0.717, 1.165) is 12.5 Å². The number of halogens is 3. The van der Waals surface area contributed by atoms with E-state index < -0.39 is 11.9 Å². The van der Waals surface area contributed by atoms with E-state index in [1.807, 2.05) is 20.8 Å². The normalized spacial score (nSPS) is 15.2. The molecule has 1 aromatic rings. The van der Waals surface area contributed by atoms with Crippen LogP contribution < -0.4 is 11.1 Å². The second kappa shape index (κ2) is 5.41. The third-order valence-electron chi connectivity index (χ3n) is 2.91. The molecule has 7 heteroatoms. The Morgan fingerprint density at radius 1 is 1.33 bits per heavy atom. The van der Waals surface area contributed by atoms with Gasteiger partial charge in [0.05, 0.1) is 0 Å². The average molecular weight is 262 g/mol. The topological polar surface area (TPSA) is 63.8 Å². The van der Waals surface area contributed by atoms with Gasteiger partial charge < -0.3 is 11.1 Å². The molecule has 102 valence electrons. The smallest absolute Gasteiger partial charge is 0.368 e. The lowest BCUT2D eigenvalue weighted by atomic mass is 10.0. The lowest BCUT2D eigenvalue weighted by Crippen LogP contribution is -2.24. The third-order valence-corrected chi connectivity index (χ3v) is 2.91. The molecule has 1 aromatic heterocycles. The molecule has 0 saturated carbocycles. The summed E-state index contributed by atoms with van der Waals surface area (Å²) in [6, 6.07) is 0.875. The van der Waals surface area contributed by atoms with Gasteiger partial charge in [-0.15, -0.1) is 0 Å². The molecule has 0 amide bonds. The van der Waals surface area contributed by atoms with Gasteiger partial charge in [0.25, 0.3) is 0 Å². The van der Waals surface area contributed by atoms with E-state index in [1.165, 1.54) is 0 Å². The zero-order valence-electron chi connectivity index (χ0n) is 10.5. The summed E-state index contributed by atoms with van der Waals surface area (Å²) in [5.41, 5.74) is 4.24. The van der Waals surface area contributed by atoms with Gasteiger partial charge in [0, 0.05) is 12.1 Å². The molecule has 0 fully saturated rings. The summed E-state index contributed by atoms with van der Waals surface area (Å²) in [4.78, 5) is 6.94. The van der Waals surface area contributed by atoms with Crippen LogP contribution in [0.4, 0.5) is 24.9 Å². The molecule has 1 rings (SSSR count). The summed E-state index contributed by atoms with van der Waals surface area (Å²) in [7, 11) is 0. The van der Waals surface area contributed by atoms with Crippen LogP contribution in [0.25, 0.3) is 0 Å². The van der Waals surface area contributed by atoms with E-state index in [4.69, 9.17) is 5.73 Å². The van der Waals surface area contributed by atoms with E-state index in [9.17, 15) is 13.2 Å². The van der Waals surface area contributed by atoms with Gasteiger partial charge in [-0.05, 0) is 12.8 Å². The maximum absolute atomic E-state index is 12.5.